The molecule has 0 unspecified atom stereocenters. The molecular weight excluding hydrogens is 236 g/mol. The predicted octanol–water partition coefficient (Wildman–Crippen LogP) is 3.27. The summed E-state index contributed by atoms with van der Waals surface area (Å²) >= 11 is 0. The van der Waals surface area contributed by atoms with Gasteiger partial charge in [0.25, 0.3) is 0 Å². The highest BCUT2D eigenvalue weighted by Crippen LogP contribution is 2.15. The van der Waals surface area contributed by atoms with Crippen LogP contribution in [0, 0.1) is 19.8 Å². The summed E-state index contributed by atoms with van der Waals surface area (Å²) in [5, 5.41) is 6.27. The minimum Gasteiger partial charge on any atom is -0.384 e. The summed E-state index contributed by atoms with van der Waals surface area (Å²) in [6.07, 6.45) is 1.56. The minimum atomic E-state index is 0.124. The van der Waals surface area contributed by atoms with Gasteiger partial charge < -0.3 is 10.6 Å². The molecule has 0 radical (unpaired) electrons. The van der Waals surface area contributed by atoms with E-state index in [0.717, 1.165) is 18.7 Å². The average Bonchev–Trinajstić information content (AvgIpc) is 2.33. The van der Waals surface area contributed by atoms with Gasteiger partial charge in [0, 0.05) is 25.2 Å². The van der Waals surface area contributed by atoms with Gasteiger partial charge >= 0.3 is 0 Å². The fraction of sp³-hybridized carbons (Fsp3) is 0.562. The first-order chi connectivity index (χ1) is 8.99. The average molecular weight is 262 g/mol. The fourth-order valence-electron chi connectivity index (χ4n) is 1.83. The Labute approximate surface area is 116 Å². The number of hydrogen-bond donors (Lipinski definition) is 2. The van der Waals surface area contributed by atoms with Crippen molar-refractivity contribution < 1.29 is 4.79 Å². The normalized spacial score (nSPS) is 10.6. The number of anilines is 1. The Morgan fingerprint density at radius 1 is 1.21 bits per heavy atom. The van der Waals surface area contributed by atoms with Crippen LogP contribution in [-0.2, 0) is 4.79 Å². The maximum atomic E-state index is 11.6. The summed E-state index contributed by atoms with van der Waals surface area (Å²) in [6.45, 7) is 9.92. The summed E-state index contributed by atoms with van der Waals surface area (Å²) in [7, 11) is 0. The Kier molecular flexibility index (Phi) is 6.40. The highest BCUT2D eigenvalue weighted by atomic mass is 16.1. The molecule has 1 aromatic carbocycles. The van der Waals surface area contributed by atoms with Crippen molar-refractivity contribution in [1.82, 2.24) is 5.32 Å². The molecule has 0 bridgehead atoms. The van der Waals surface area contributed by atoms with Crippen molar-refractivity contribution in [2.75, 3.05) is 18.4 Å². The molecule has 1 rings (SSSR count). The van der Waals surface area contributed by atoms with Crippen LogP contribution in [0.1, 0.15) is 37.8 Å². The smallest absolute Gasteiger partial charge is 0.221 e. The molecule has 0 saturated heterocycles. The highest BCUT2D eigenvalue weighted by Gasteiger charge is 2.03. The SMILES string of the molecule is Cc1ccc(C)c(NCCC(=O)NCCC(C)C)c1. The van der Waals surface area contributed by atoms with Gasteiger partial charge in [0.1, 0.15) is 0 Å². The van der Waals surface area contributed by atoms with Gasteiger partial charge in [-0.3, -0.25) is 4.79 Å². The Morgan fingerprint density at radius 2 is 1.95 bits per heavy atom. The van der Waals surface area contributed by atoms with Gasteiger partial charge in [-0.15, -0.1) is 0 Å². The van der Waals surface area contributed by atoms with Crippen LogP contribution in [0.15, 0.2) is 18.2 Å². The zero-order chi connectivity index (χ0) is 14.3. The lowest BCUT2D eigenvalue weighted by molar-refractivity contribution is -0.120. The molecule has 2 N–H and O–H groups in total. The van der Waals surface area contributed by atoms with E-state index in [2.05, 4.69) is 56.5 Å². The molecule has 0 aliphatic carbocycles. The second-order valence-corrected chi connectivity index (χ2v) is 5.53. The van der Waals surface area contributed by atoms with Gasteiger partial charge in [0.05, 0.1) is 0 Å². The van der Waals surface area contributed by atoms with E-state index in [1.165, 1.54) is 11.1 Å². The summed E-state index contributed by atoms with van der Waals surface area (Å²) in [4.78, 5) is 11.6. The lowest BCUT2D eigenvalue weighted by atomic mass is 10.1. The molecular formula is C16H26N2O. The van der Waals surface area contributed by atoms with Crippen molar-refractivity contribution in [3.05, 3.63) is 29.3 Å². The largest absolute Gasteiger partial charge is 0.384 e. The molecule has 3 nitrogen and oxygen atoms in total. The second kappa shape index (κ2) is 7.82. The topological polar surface area (TPSA) is 41.1 Å². The Bertz CT molecular complexity index is 413. The van der Waals surface area contributed by atoms with Gasteiger partial charge in [0.2, 0.25) is 5.91 Å². The first-order valence-electron chi connectivity index (χ1n) is 7.07. The third kappa shape index (κ3) is 6.27. The highest BCUT2D eigenvalue weighted by molar-refractivity contribution is 5.76. The maximum Gasteiger partial charge on any atom is 0.221 e. The Hall–Kier alpha value is -1.51. The Morgan fingerprint density at radius 3 is 2.63 bits per heavy atom. The lowest BCUT2D eigenvalue weighted by Gasteiger charge is -2.11. The second-order valence-electron chi connectivity index (χ2n) is 5.53. The number of rotatable bonds is 7. The van der Waals surface area contributed by atoms with E-state index in [-0.39, 0.29) is 5.91 Å². The molecule has 106 valence electrons. The quantitative estimate of drug-likeness (QED) is 0.792. The number of amides is 1. The molecule has 0 aliphatic heterocycles. The summed E-state index contributed by atoms with van der Waals surface area (Å²) in [5.41, 5.74) is 3.57. The van der Waals surface area contributed by atoms with Crippen molar-refractivity contribution in [1.29, 1.82) is 0 Å². The third-order valence-corrected chi connectivity index (χ3v) is 3.10. The summed E-state index contributed by atoms with van der Waals surface area (Å²) in [6, 6.07) is 6.31. The predicted molar refractivity (Wildman–Crippen MR) is 81.5 cm³/mol. The summed E-state index contributed by atoms with van der Waals surface area (Å²) < 4.78 is 0. The molecule has 0 atom stereocenters. The zero-order valence-electron chi connectivity index (χ0n) is 12.5. The van der Waals surface area contributed by atoms with Gasteiger partial charge in [-0.05, 0) is 43.4 Å². The third-order valence-electron chi connectivity index (χ3n) is 3.10. The van der Waals surface area contributed by atoms with Crippen LogP contribution in [0.4, 0.5) is 5.69 Å². The van der Waals surface area contributed by atoms with E-state index >= 15 is 0 Å². The Balaban J connectivity index is 2.26. The van der Waals surface area contributed by atoms with E-state index in [4.69, 9.17) is 0 Å². The van der Waals surface area contributed by atoms with Crippen LogP contribution in [0.3, 0.4) is 0 Å². The molecule has 3 heteroatoms. The van der Waals surface area contributed by atoms with E-state index in [9.17, 15) is 4.79 Å². The van der Waals surface area contributed by atoms with Crippen molar-refractivity contribution in [3.63, 3.8) is 0 Å². The number of carbonyl (C=O) groups excluding carboxylic acids is 1. The molecule has 0 spiro atoms. The van der Waals surface area contributed by atoms with Gasteiger partial charge in [-0.2, -0.15) is 0 Å². The van der Waals surface area contributed by atoms with Crippen molar-refractivity contribution >= 4 is 11.6 Å². The van der Waals surface area contributed by atoms with Crippen LogP contribution in [0.25, 0.3) is 0 Å². The van der Waals surface area contributed by atoms with Crippen molar-refractivity contribution in [2.45, 2.75) is 40.5 Å². The van der Waals surface area contributed by atoms with E-state index < -0.39 is 0 Å². The number of hydrogen-bond acceptors (Lipinski definition) is 2. The standard InChI is InChI=1S/C16H26N2O/c1-12(2)7-9-18-16(19)8-10-17-15-11-13(3)5-6-14(15)4/h5-6,11-12,17H,7-10H2,1-4H3,(H,18,19). The van der Waals surface area contributed by atoms with Crippen LogP contribution >= 0.6 is 0 Å². The molecule has 0 aliphatic rings. The van der Waals surface area contributed by atoms with Crippen LogP contribution in [-0.4, -0.2) is 19.0 Å². The minimum absolute atomic E-state index is 0.124. The maximum absolute atomic E-state index is 11.6. The number of carbonyl (C=O) groups is 1. The van der Waals surface area contributed by atoms with Crippen LogP contribution in [0.2, 0.25) is 0 Å². The molecule has 1 amide bonds. The van der Waals surface area contributed by atoms with Gasteiger partial charge in [-0.1, -0.05) is 26.0 Å². The van der Waals surface area contributed by atoms with Gasteiger partial charge in [-0.25, -0.2) is 0 Å². The van der Waals surface area contributed by atoms with Crippen LogP contribution in [0.5, 0.6) is 0 Å². The lowest BCUT2D eigenvalue weighted by Crippen LogP contribution is -2.27. The van der Waals surface area contributed by atoms with Crippen molar-refractivity contribution in [2.24, 2.45) is 5.92 Å². The summed E-state index contributed by atoms with van der Waals surface area (Å²) in [5.74, 6) is 0.756. The van der Waals surface area contributed by atoms with Crippen LogP contribution < -0.4 is 10.6 Å². The van der Waals surface area contributed by atoms with E-state index in [1.54, 1.807) is 0 Å². The molecule has 0 saturated carbocycles. The number of nitrogens with one attached hydrogen (secondary N) is 2. The van der Waals surface area contributed by atoms with Gasteiger partial charge in [0.15, 0.2) is 0 Å². The number of aryl methyl sites for hydroxylation is 2. The molecule has 19 heavy (non-hydrogen) atoms. The van der Waals surface area contributed by atoms with Crippen molar-refractivity contribution in [3.8, 4) is 0 Å². The number of benzene rings is 1. The first kappa shape index (κ1) is 15.5. The monoisotopic (exact) mass is 262 g/mol. The van der Waals surface area contributed by atoms with E-state index in [1.807, 2.05) is 0 Å². The molecule has 1 aromatic rings. The molecule has 0 aromatic heterocycles. The molecule has 0 fully saturated rings. The first-order valence-corrected chi connectivity index (χ1v) is 7.07. The zero-order valence-corrected chi connectivity index (χ0v) is 12.5. The van der Waals surface area contributed by atoms with E-state index in [0.29, 0.717) is 18.9 Å². The molecule has 0 heterocycles. The fourth-order valence-corrected chi connectivity index (χ4v) is 1.83.